The Morgan fingerprint density at radius 2 is 1.97 bits per heavy atom. The summed E-state index contributed by atoms with van der Waals surface area (Å²) >= 11 is 6.22. The normalized spacial score (nSPS) is 25.0. The second kappa shape index (κ2) is 9.15. The largest absolute Gasteiger partial charge is 0.469 e. The van der Waals surface area contributed by atoms with Crippen LogP contribution in [0.25, 0.3) is 10.8 Å². The summed E-state index contributed by atoms with van der Waals surface area (Å²) in [6.45, 7) is 9.98. The van der Waals surface area contributed by atoms with Crippen LogP contribution in [0, 0.1) is 19.7 Å². The summed E-state index contributed by atoms with van der Waals surface area (Å²) in [5.74, 6) is 0.206. The minimum Gasteiger partial charge on any atom is -0.469 e. The number of aryl methyl sites for hydroxylation is 2. The molecular formula is C25H32ClFN4O5. The van der Waals surface area contributed by atoms with Crippen molar-refractivity contribution in [3.8, 4) is 5.88 Å². The van der Waals surface area contributed by atoms with E-state index in [1.54, 1.807) is 7.11 Å². The molecule has 0 N–H and O–H groups in total. The molecule has 0 saturated carbocycles. The van der Waals surface area contributed by atoms with E-state index in [0.717, 1.165) is 12.8 Å². The summed E-state index contributed by atoms with van der Waals surface area (Å²) in [6.07, 6.45) is 0.679. The molecule has 5 heterocycles. The van der Waals surface area contributed by atoms with Crippen LogP contribution in [0.3, 0.4) is 0 Å². The molecule has 2 fully saturated rings. The van der Waals surface area contributed by atoms with E-state index in [0.29, 0.717) is 34.4 Å². The van der Waals surface area contributed by atoms with Crippen LogP contribution in [-0.4, -0.2) is 77.8 Å². The lowest BCUT2D eigenvalue weighted by Crippen LogP contribution is -2.66. The monoisotopic (exact) mass is 522 g/mol. The number of piperazine rings is 1. The van der Waals surface area contributed by atoms with Crippen molar-refractivity contribution >= 4 is 34.3 Å². The van der Waals surface area contributed by atoms with Crippen LogP contribution in [0.15, 0.2) is 0 Å². The van der Waals surface area contributed by atoms with Crippen molar-refractivity contribution in [3.63, 3.8) is 0 Å². The molecule has 2 aromatic heterocycles. The van der Waals surface area contributed by atoms with Gasteiger partial charge in [-0.25, -0.2) is 14.2 Å². The Kier molecular flexibility index (Phi) is 6.41. The first-order valence-corrected chi connectivity index (χ1v) is 12.6. The van der Waals surface area contributed by atoms with E-state index in [1.807, 2.05) is 39.5 Å². The molecule has 4 atom stereocenters. The van der Waals surface area contributed by atoms with Gasteiger partial charge in [-0.3, -0.25) is 4.90 Å². The number of methoxy groups -OCH3 is 1. The first kappa shape index (κ1) is 25.2. The van der Waals surface area contributed by atoms with Gasteiger partial charge in [-0.2, -0.15) is 4.98 Å². The molecule has 1 amide bonds. The lowest BCUT2D eigenvalue weighted by molar-refractivity contribution is -0.0684. The Hall–Kier alpha value is -2.43. The van der Waals surface area contributed by atoms with E-state index in [9.17, 15) is 4.79 Å². The SMILES string of the molecule is COCOCC1Oc2nc(Cl)c(F)c3c(C)c(C)nc(c23)N2CC3CCC(C12)N3C(=O)OC(C)(C)C. The van der Waals surface area contributed by atoms with Gasteiger partial charge in [-0.15, -0.1) is 0 Å². The molecule has 11 heteroatoms. The first-order chi connectivity index (χ1) is 17.0. The quantitative estimate of drug-likeness (QED) is 0.332. The number of carbonyl (C=O) groups is 1. The Bertz CT molecular complexity index is 1200. The maximum atomic E-state index is 15.3. The predicted molar refractivity (Wildman–Crippen MR) is 132 cm³/mol. The molecule has 9 nitrogen and oxygen atoms in total. The molecule has 0 aliphatic carbocycles. The highest BCUT2D eigenvalue weighted by Crippen LogP contribution is 2.47. The van der Waals surface area contributed by atoms with Crippen LogP contribution >= 0.6 is 11.6 Å². The van der Waals surface area contributed by atoms with E-state index < -0.39 is 17.5 Å². The van der Waals surface area contributed by atoms with Crippen molar-refractivity contribution in [2.24, 2.45) is 0 Å². The van der Waals surface area contributed by atoms with Crippen molar-refractivity contribution in [1.29, 1.82) is 0 Å². The van der Waals surface area contributed by atoms with Gasteiger partial charge in [0, 0.05) is 24.7 Å². The number of carbonyl (C=O) groups excluding carboxylic acids is 1. The van der Waals surface area contributed by atoms with Gasteiger partial charge in [0.25, 0.3) is 0 Å². The van der Waals surface area contributed by atoms with Crippen molar-refractivity contribution in [3.05, 3.63) is 22.2 Å². The van der Waals surface area contributed by atoms with Crippen molar-refractivity contribution < 1.29 is 28.1 Å². The van der Waals surface area contributed by atoms with Gasteiger partial charge < -0.3 is 23.8 Å². The first-order valence-electron chi connectivity index (χ1n) is 12.2. The fourth-order valence-electron chi connectivity index (χ4n) is 5.70. The van der Waals surface area contributed by atoms with Crippen LogP contribution in [-0.2, 0) is 14.2 Å². The van der Waals surface area contributed by atoms with Crippen molar-refractivity contribution in [2.45, 2.75) is 77.3 Å². The van der Waals surface area contributed by atoms with Crippen LogP contribution in [0.2, 0.25) is 5.15 Å². The molecule has 4 unspecified atom stereocenters. The third kappa shape index (κ3) is 4.13. The number of anilines is 1. The van der Waals surface area contributed by atoms with Gasteiger partial charge in [-0.1, -0.05) is 11.6 Å². The number of aromatic nitrogens is 2. The number of hydrogen-bond acceptors (Lipinski definition) is 8. The Balaban J connectivity index is 1.66. The molecule has 2 bridgehead atoms. The van der Waals surface area contributed by atoms with E-state index >= 15 is 4.39 Å². The Morgan fingerprint density at radius 3 is 2.67 bits per heavy atom. The number of hydrogen-bond donors (Lipinski definition) is 0. The zero-order chi connectivity index (χ0) is 25.9. The Morgan fingerprint density at radius 1 is 1.22 bits per heavy atom. The number of halogens is 2. The van der Waals surface area contributed by atoms with Gasteiger partial charge in [0.05, 0.1) is 30.1 Å². The highest BCUT2D eigenvalue weighted by Gasteiger charge is 2.54. The third-order valence-electron chi connectivity index (χ3n) is 7.19. The maximum absolute atomic E-state index is 15.3. The van der Waals surface area contributed by atoms with Gasteiger partial charge in [0.2, 0.25) is 5.88 Å². The number of ether oxygens (including phenoxy) is 4. The smallest absolute Gasteiger partial charge is 0.410 e. The van der Waals surface area contributed by atoms with Gasteiger partial charge >= 0.3 is 6.09 Å². The van der Waals surface area contributed by atoms with E-state index in [-0.39, 0.29) is 48.7 Å². The molecule has 196 valence electrons. The molecule has 5 rings (SSSR count). The molecular weight excluding hydrogens is 491 g/mol. The summed E-state index contributed by atoms with van der Waals surface area (Å²) in [5.41, 5.74) is 0.755. The summed E-state index contributed by atoms with van der Waals surface area (Å²) in [5, 5.41) is 0.585. The highest BCUT2D eigenvalue weighted by molar-refractivity contribution is 6.30. The second-order valence-corrected chi connectivity index (χ2v) is 11.0. The summed E-state index contributed by atoms with van der Waals surface area (Å²) in [4.78, 5) is 26.5. The number of nitrogens with zero attached hydrogens (tertiary/aromatic N) is 4. The van der Waals surface area contributed by atoms with Crippen LogP contribution in [0.1, 0.15) is 44.9 Å². The van der Waals surface area contributed by atoms with Crippen LogP contribution < -0.4 is 9.64 Å². The molecule has 0 aromatic carbocycles. The molecule has 3 aliphatic heterocycles. The molecule has 3 aliphatic rings. The second-order valence-electron chi connectivity index (χ2n) is 10.7. The minimum atomic E-state index is -0.620. The lowest BCUT2D eigenvalue weighted by atomic mass is 9.97. The number of fused-ring (bicyclic) bond motifs is 5. The number of rotatable bonds is 4. The van der Waals surface area contributed by atoms with Gasteiger partial charge in [0.15, 0.2) is 11.0 Å². The van der Waals surface area contributed by atoms with Crippen LogP contribution in [0.5, 0.6) is 5.88 Å². The van der Waals surface area contributed by atoms with Crippen molar-refractivity contribution in [1.82, 2.24) is 14.9 Å². The predicted octanol–water partition coefficient (Wildman–Crippen LogP) is 4.38. The summed E-state index contributed by atoms with van der Waals surface area (Å²) in [7, 11) is 1.54. The number of pyridine rings is 2. The lowest BCUT2D eigenvalue weighted by Gasteiger charge is -2.48. The fraction of sp³-hybridized carbons (Fsp3) is 0.640. The number of amides is 1. The highest BCUT2D eigenvalue weighted by atomic mass is 35.5. The molecule has 0 spiro atoms. The summed E-state index contributed by atoms with van der Waals surface area (Å²) < 4.78 is 38.4. The van der Waals surface area contributed by atoms with E-state index in [4.69, 9.17) is 35.5 Å². The molecule has 0 radical (unpaired) electrons. The average molecular weight is 523 g/mol. The van der Waals surface area contributed by atoms with Gasteiger partial charge in [-0.05, 0) is 53.0 Å². The van der Waals surface area contributed by atoms with E-state index in [2.05, 4.69) is 9.88 Å². The Labute approximate surface area is 214 Å². The van der Waals surface area contributed by atoms with Crippen LogP contribution in [0.4, 0.5) is 15.0 Å². The topological polar surface area (TPSA) is 86.3 Å². The summed E-state index contributed by atoms with van der Waals surface area (Å²) in [6, 6.07) is -0.628. The molecule has 2 aromatic rings. The molecule has 2 saturated heterocycles. The maximum Gasteiger partial charge on any atom is 0.410 e. The minimum absolute atomic E-state index is 0.0755. The third-order valence-corrected chi connectivity index (χ3v) is 7.44. The average Bonchev–Trinajstić information content (AvgIpc) is 3.04. The standard InChI is InChI=1S/C25H32ClFN4O5/c1-12-13(2)28-22-18-17(12)19(27)21(26)29-23(18)35-16(10-34-11-33-6)20-15-8-7-14(9-30(20)22)31(15)24(32)36-25(3,4)5/h14-16,20H,7-11H2,1-6H3. The van der Waals surface area contributed by atoms with Crippen molar-refractivity contribution in [2.75, 3.05) is 32.0 Å². The zero-order valence-electron chi connectivity index (χ0n) is 21.4. The van der Waals surface area contributed by atoms with Gasteiger partial charge in [0.1, 0.15) is 24.3 Å². The van der Waals surface area contributed by atoms with E-state index in [1.165, 1.54) is 0 Å². The zero-order valence-corrected chi connectivity index (χ0v) is 22.2. The fourth-order valence-corrected chi connectivity index (χ4v) is 5.87. The molecule has 36 heavy (non-hydrogen) atoms.